The van der Waals surface area contributed by atoms with Crippen LogP contribution in [0.1, 0.15) is 0 Å². The second kappa shape index (κ2) is 4.23. The minimum absolute atomic E-state index is 0.0295. The van der Waals surface area contributed by atoms with Crippen LogP contribution in [-0.4, -0.2) is 27.6 Å². The molecule has 76 valence electrons. The van der Waals surface area contributed by atoms with Crippen molar-refractivity contribution in [2.24, 2.45) is 0 Å². The molecular weight excluding hydrogens is 204 g/mol. The Morgan fingerprint density at radius 3 is 2.29 bits per heavy atom. The molecule has 1 rings (SSSR count). The standard InChI is InChI=1S/C9H10O4S/c1-14(11,12)9-4-2-8(3-5-9)13-7-6-10/h2-6H,7H2,1H3. The summed E-state index contributed by atoms with van der Waals surface area (Å²) in [5.41, 5.74) is 0. The SMILES string of the molecule is CS(=O)(=O)c1ccc(OCC=O)cc1. The van der Waals surface area contributed by atoms with Gasteiger partial charge >= 0.3 is 0 Å². The van der Waals surface area contributed by atoms with Gasteiger partial charge in [0.15, 0.2) is 16.1 Å². The molecule has 0 atom stereocenters. The Kier molecular flexibility index (Phi) is 3.24. The molecule has 0 fully saturated rings. The summed E-state index contributed by atoms with van der Waals surface area (Å²) in [5, 5.41) is 0. The van der Waals surface area contributed by atoms with Crippen LogP contribution in [0, 0.1) is 0 Å². The van der Waals surface area contributed by atoms with Gasteiger partial charge in [0.2, 0.25) is 0 Å². The molecule has 0 spiro atoms. The van der Waals surface area contributed by atoms with Gasteiger partial charge in [0.25, 0.3) is 0 Å². The van der Waals surface area contributed by atoms with Crippen molar-refractivity contribution in [3.05, 3.63) is 24.3 Å². The first kappa shape index (κ1) is 10.7. The highest BCUT2D eigenvalue weighted by atomic mass is 32.2. The number of carbonyl (C=O) groups is 1. The molecule has 0 amide bonds. The maximum Gasteiger partial charge on any atom is 0.175 e. The number of rotatable bonds is 4. The van der Waals surface area contributed by atoms with E-state index in [-0.39, 0.29) is 11.5 Å². The normalized spacial score (nSPS) is 10.9. The minimum atomic E-state index is -3.17. The van der Waals surface area contributed by atoms with Crippen molar-refractivity contribution in [3.63, 3.8) is 0 Å². The highest BCUT2D eigenvalue weighted by Gasteiger charge is 2.05. The van der Waals surface area contributed by atoms with E-state index in [2.05, 4.69) is 0 Å². The maximum absolute atomic E-state index is 11.1. The van der Waals surface area contributed by atoms with Crippen LogP contribution in [-0.2, 0) is 14.6 Å². The summed E-state index contributed by atoms with van der Waals surface area (Å²) in [7, 11) is -3.17. The molecular formula is C9H10O4S. The van der Waals surface area contributed by atoms with Gasteiger partial charge in [-0.1, -0.05) is 0 Å². The van der Waals surface area contributed by atoms with Gasteiger partial charge in [0, 0.05) is 6.26 Å². The molecule has 1 aromatic rings. The number of aldehydes is 1. The molecule has 0 saturated heterocycles. The summed E-state index contributed by atoms with van der Waals surface area (Å²) in [6, 6.07) is 5.91. The van der Waals surface area contributed by atoms with Crippen molar-refractivity contribution in [3.8, 4) is 5.75 Å². The highest BCUT2D eigenvalue weighted by molar-refractivity contribution is 7.90. The van der Waals surface area contributed by atoms with Crippen LogP contribution in [0.2, 0.25) is 0 Å². The first-order chi connectivity index (χ1) is 6.54. The number of carbonyl (C=O) groups excluding carboxylic acids is 1. The molecule has 14 heavy (non-hydrogen) atoms. The number of benzene rings is 1. The third-order valence-electron chi connectivity index (χ3n) is 1.57. The van der Waals surface area contributed by atoms with Gasteiger partial charge in [-0.3, -0.25) is 4.79 Å². The summed E-state index contributed by atoms with van der Waals surface area (Å²) in [5.74, 6) is 0.476. The van der Waals surface area contributed by atoms with Crippen LogP contribution in [0.4, 0.5) is 0 Å². The van der Waals surface area contributed by atoms with Gasteiger partial charge in [0.05, 0.1) is 4.90 Å². The molecule has 4 nitrogen and oxygen atoms in total. The number of sulfone groups is 1. The van der Waals surface area contributed by atoms with E-state index in [9.17, 15) is 13.2 Å². The molecule has 0 unspecified atom stereocenters. The van der Waals surface area contributed by atoms with Crippen molar-refractivity contribution in [2.75, 3.05) is 12.9 Å². The average Bonchev–Trinajstić information content (AvgIpc) is 2.14. The van der Waals surface area contributed by atoms with E-state index in [0.29, 0.717) is 12.0 Å². The third-order valence-corrected chi connectivity index (χ3v) is 2.70. The molecule has 0 saturated carbocycles. The Bertz CT molecular complexity index is 405. The van der Waals surface area contributed by atoms with Crippen molar-refractivity contribution in [1.82, 2.24) is 0 Å². The lowest BCUT2D eigenvalue weighted by Crippen LogP contribution is -1.99. The molecule has 0 bridgehead atoms. The van der Waals surface area contributed by atoms with Crippen LogP contribution in [0.25, 0.3) is 0 Å². The van der Waals surface area contributed by atoms with Crippen molar-refractivity contribution >= 4 is 16.1 Å². The highest BCUT2D eigenvalue weighted by Crippen LogP contribution is 2.15. The zero-order valence-corrected chi connectivity index (χ0v) is 8.45. The quantitative estimate of drug-likeness (QED) is 0.691. The summed E-state index contributed by atoms with van der Waals surface area (Å²) in [6.45, 7) is -0.0295. The first-order valence-corrected chi connectivity index (χ1v) is 5.80. The lowest BCUT2D eigenvalue weighted by atomic mass is 10.3. The zero-order valence-electron chi connectivity index (χ0n) is 7.64. The van der Waals surface area contributed by atoms with Gasteiger partial charge in [0.1, 0.15) is 12.4 Å². The van der Waals surface area contributed by atoms with E-state index in [1.165, 1.54) is 24.3 Å². The zero-order chi connectivity index (χ0) is 10.6. The third kappa shape index (κ3) is 2.85. The van der Waals surface area contributed by atoms with Crippen molar-refractivity contribution in [1.29, 1.82) is 0 Å². The molecule has 0 heterocycles. The van der Waals surface area contributed by atoms with Gasteiger partial charge < -0.3 is 4.74 Å². The Morgan fingerprint density at radius 1 is 1.29 bits per heavy atom. The van der Waals surface area contributed by atoms with Crippen LogP contribution in [0.3, 0.4) is 0 Å². The molecule has 0 aliphatic rings. The molecule has 0 aromatic heterocycles. The Hall–Kier alpha value is -1.36. The summed E-state index contributed by atoms with van der Waals surface area (Å²) in [4.78, 5) is 10.2. The lowest BCUT2D eigenvalue weighted by molar-refractivity contribution is -0.109. The van der Waals surface area contributed by atoms with E-state index in [4.69, 9.17) is 4.74 Å². The summed E-state index contributed by atoms with van der Waals surface area (Å²) in [6.07, 6.45) is 1.76. The van der Waals surface area contributed by atoms with Crippen LogP contribution < -0.4 is 4.74 Å². The van der Waals surface area contributed by atoms with Gasteiger partial charge in [-0.25, -0.2) is 8.42 Å². The largest absolute Gasteiger partial charge is 0.486 e. The van der Waals surface area contributed by atoms with E-state index in [1.54, 1.807) is 0 Å². The Labute approximate surface area is 82.4 Å². The van der Waals surface area contributed by atoms with Crippen molar-refractivity contribution in [2.45, 2.75) is 4.90 Å². The predicted molar refractivity (Wildman–Crippen MR) is 51.1 cm³/mol. The van der Waals surface area contributed by atoms with Crippen molar-refractivity contribution < 1.29 is 17.9 Å². The predicted octanol–water partition coefficient (Wildman–Crippen LogP) is 0.668. The molecule has 0 aliphatic carbocycles. The number of ether oxygens (including phenoxy) is 1. The Morgan fingerprint density at radius 2 is 1.86 bits per heavy atom. The fourth-order valence-corrected chi connectivity index (χ4v) is 1.54. The van der Waals surface area contributed by atoms with Crippen LogP contribution >= 0.6 is 0 Å². The molecule has 0 aliphatic heterocycles. The fourth-order valence-electron chi connectivity index (χ4n) is 0.913. The van der Waals surface area contributed by atoms with Gasteiger partial charge in [-0.05, 0) is 24.3 Å². The number of hydrogen-bond donors (Lipinski definition) is 0. The van der Waals surface area contributed by atoms with Gasteiger partial charge in [-0.2, -0.15) is 0 Å². The lowest BCUT2D eigenvalue weighted by Gasteiger charge is -2.02. The minimum Gasteiger partial charge on any atom is -0.486 e. The smallest absolute Gasteiger partial charge is 0.175 e. The fraction of sp³-hybridized carbons (Fsp3) is 0.222. The van der Waals surface area contributed by atoms with Crippen LogP contribution in [0.5, 0.6) is 5.75 Å². The summed E-state index contributed by atoms with van der Waals surface area (Å²) >= 11 is 0. The molecule has 0 radical (unpaired) electrons. The van der Waals surface area contributed by atoms with Gasteiger partial charge in [-0.15, -0.1) is 0 Å². The Balaban J connectivity index is 2.84. The molecule has 0 N–H and O–H groups in total. The van der Waals surface area contributed by atoms with Crippen LogP contribution in [0.15, 0.2) is 29.2 Å². The topological polar surface area (TPSA) is 60.4 Å². The average molecular weight is 214 g/mol. The second-order valence-electron chi connectivity index (χ2n) is 2.72. The molecule has 1 aromatic carbocycles. The number of hydrogen-bond acceptors (Lipinski definition) is 4. The molecule has 5 heteroatoms. The van der Waals surface area contributed by atoms with E-state index in [1.807, 2.05) is 0 Å². The second-order valence-corrected chi connectivity index (χ2v) is 4.74. The monoisotopic (exact) mass is 214 g/mol. The maximum atomic E-state index is 11.1. The van der Waals surface area contributed by atoms with E-state index >= 15 is 0 Å². The van der Waals surface area contributed by atoms with E-state index < -0.39 is 9.84 Å². The van der Waals surface area contributed by atoms with E-state index in [0.717, 1.165) is 6.26 Å². The summed E-state index contributed by atoms with van der Waals surface area (Å²) < 4.78 is 27.1. The first-order valence-electron chi connectivity index (χ1n) is 3.90.